The predicted octanol–water partition coefficient (Wildman–Crippen LogP) is 5.97. The van der Waals surface area contributed by atoms with Gasteiger partial charge in [0.2, 0.25) is 5.78 Å². The van der Waals surface area contributed by atoms with E-state index >= 15 is 0 Å². The van der Waals surface area contributed by atoms with Gasteiger partial charge in [-0.1, -0.05) is 41.4 Å². The summed E-state index contributed by atoms with van der Waals surface area (Å²) >= 11 is 7.15. The number of rotatable bonds is 5. The van der Waals surface area contributed by atoms with Crippen molar-refractivity contribution in [2.24, 2.45) is 17.3 Å². The van der Waals surface area contributed by atoms with Crippen LogP contribution in [0.25, 0.3) is 0 Å². The van der Waals surface area contributed by atoms with Crippen LogP contribution in [0, 0.1) is 24.2 Å². The summed E-state index contributed by atoms with van der Waals surface area (Å²) < 4.78 is 6.20. The van der Waals surface area contributed by atoms with Crippen LogP contribution in [-0.2, 0) is 14.9 Å². The maximum Gasteiger partial charge on any atom is 0.312 e. The molecule has 0 unspecified atom stereocenters. The third-order valence-electron chi connectivity index (χ3n) is 7.34. The van der Waals surface area contributed by atoms with Gasteiger partial charge in [-0.3, -0.25) is 9.59 Å². The van der Waals surface area contributed by atoms with Crippen molar-refractivity contribution < 1.29 is 14.3 Å². The van der Waals surface area contributed by atoms with E-state index in [-0.39, 0.29) is 23.8 Å². The van der Waals surface area contributed by atoms with E-state index < -0.39 is 5.41 Å². The zero-order valence-electron chi connectivity index (χ0n) is 16.6. The highest BCUT2D eigenvalue weighted by atomic mass is 35.5. The Morgan fingerprint density at radius 3 is 2.38 bits per heavy atom. The number of halogens is 1. The second-order valence-electron chi connectivity index (χ2n) is 9.49. The number of benzene rings is 1. The SMILES string of the molecule is Cc1ccc(C23C[C@@H]4C[C@H](CC(C(=O)OCC(=O)c5ccc(Cl)s5)(C4)C2)C3)cc1. The molecule has 1 heterocycles. The van der Waals surface area contributed by atoms with Crippen LogP contribution >= 0.6 is 22.9 Å². The quantitative estimate of drug-likeness (QED) is 0.435. The molecule has 152 valence electrons. The van der Waals surface area contributed by atoms with E-state index in [1.165, 1.54) is 41.7 Å². The van der Waals surface area contributed by atoms with Gasteiger partial charge in [-0.15, -0.1) is 11.3 Å². The van der Waals surface area contributed by atoms with Crippen LogP contribution in [0.5, 0.6) is 0 Å². The zero-order valence-corrected chi connectivity index (χ0v) is 18.2. The first-order valence-electron chi connectivity index (χ1n) is 10.4. The topological polar surface area (TPSA) is 43.4 Å². The van der Waals surface area contributed by atoms with Crippen LogP contribution in [-0.4, -0.2) is 18.4 Å². The Morgan fingerprint density at radius 1 is 1.07 bits per heavy atom. The standard InChI is InChI=1S/C24H25ClO3S/c1-15-2-4-18(5-3-15)23-9-16-8-17(10-23)12-24(11-16,14-23)22(27)28-13-19(26)20-6-7-21(25)29-20/h2-7,16-17H,8-14H2,1H3/t16-,17-,23?,24?/m0/s1. The van der Waals surface area contributed by atoms with E-state index in [1.54, 1.807) is 12.1 Å². The summed E-state index contributed by atoms with van der Waals surface area (Å²) in [4.78, 5) is 26.2. The molecular weight excluding hydrogens is 404 g/mol. The van der Waals surface area contributed by atoms with Gasteiger partial charge in [0.15, 0.2) is 6.61 Å². The molecule has 1 aromatic heterocycles. The fraction of sp³-hybridized carbons (Fsp3) is 0.500. The highest BCUT2D eigenvalue weighted by Crippen LogP contribution is 2.66. The minimum absolute atomic E-state index is 0.0854. The maximum absolute atomic E-state index is 13.3. The van der Waals surface area contributed by atoms with Gasteiger partial charge in [0, 0.05) is 0 Å². The summed E-state index contributed by atoms with van der Waals surface area (Å²) in [6, 6.07) is 12.3. The minimum atomic E-state index is -0.428. The highest BCUT2D eigenvalue weighted by Gasteiger charge is 2.61. The van der Waals surface area contributed by atoms with E-state index in [0.717, 1.165) is 19.3 Å². The Balaban J connectivity index is 1.36. The van der Waals surface area contributed by atoms with E-state index in [9.17, 15) is 9.59 Å². The first-order chi connectivity index (χ1) is 13.9. The van der Waals surface area contributed by atoms with Crippen molar-refractivity contribution in [3.63, 3.8) is 0 Å². The lowest BCUT2D eigenvalue weighted by molar-refractivity contribution is -0.172. The van der Waals surface area contributed by atoms with Gasteiger partial charge in [-0.05, 0) is 80.4 Å². The Morgan fingerprint density at radius 2 is 1.76 bits per heavy atom. The molecule has 6 rings (SSSR count). The Hall–Kier alpha value is -1.65. The van der Waals surface area contributed by atoms with Crippen molar-refractivity contribution in [2.75, 3.05) is 6.61 Å². The molecule has 1 aromatic carbocycles. The molecule has 3 nitrogen and oxygen atoms in total. The molecule has 4 bridgehead atoms. The largest absolute Gasteiger partial charge is 0.457 e. The average Bonchev–Trinajstić information content (AvgIpc) is 3.11. The summed E-state index contributed by atoms with van der Waals surface area (Å²) in [5.74, 6) is 0.820. The highest BCUT2D eigenvalue weighted by molar-refractivity contribution is 7.18. The summed E-state index contributed by atoms with van der Waals surface area (Å²) in [5.41, 5.74) is 2.29. The second kappa shape index (κ2) is 6.95. The maximum atomic E-state index is 13.3. The average molecular weight is 429 g/mol. The summed E-state index contributed by atoms with van der Waals surface area (Å²) in [7, 11) is 0. The van der Waals surface area contributed by atoms with Gasteiger partial charge in [-0.2, -0.15) is 0 Å². The number of carbonyl (C=O) groups is 2. The fourth-order valence-electron chi connectivity index (χ4n) is 6.57. The number of ketones is 1. The lowest BCUT2D eigenvalue weighted by atomic mass is 9.43. The van der Waals surface area contributed by atoms with Crippen molar-refractivity contribution in [1.82, 2.24) is 0 Å². The number of esters is 1. The van der Waals surface area contributed by atoms with Gasteiger partial charge >= 0.3 is 5.97 Å². The summed E-state index contributed by atoms with van der Waals surface area (Å²) in [5, 5.41) is 0. The lowest BCUT2D eigenvalue weighted by Gasteiger charge is -2.61. The van der Waals surface area contributed by atoms with Crippen LogP contribution in [0.4, 0.5) is 0 Å². The monoisotopic (exact) mass is 428 g/mol. The molecule has 2 aromatic rings. The molecule has 4 saturated carbocycles. The van der Waals surface area contributed by atoms with Crippen molar-refractivity contribution in [3.8, 4) is 0 Å². The van der Waals surface area contributed by atoms with Gasteiger partial charge < -0.3 is 4.74 Å². The van der Waals surface area contributed by atoms with Crippen LogP contribution in [0.3, 0.4) is 0 Å². The van der Waals surface area contributed by atoms with E-state index in [2.05, 4.69) is 31.2 Å². The molecule has 0 saturated heterocycles. The van der Waals surface area contributed by atoms with Crippen LogP contribution in [0.15, 0.2) is 36.4 Å². The molecule has 0 radical (unpaired) electrons. The van der Waals surface area contributed by atoms with Gasteiger partial charge in [0.05, 0.1) is 14.6 Å². The molecule has 4 fully saturated rings. The normalized spacial score (nSPS) is 32.3. The number of thiophene rings is 1. The third kappa shape index (κ3) is 3.34. The van der Waals surface area contributed by atoms with Crippen molar-refractivity contribution in [2.45, 2.75) is 50.9 Å². The molecule has 5 heteroatoms. The number of hydrogen-bond donors (Lipinski definition) is 0. The minimum Gasteiger partial charge on any atom is -0.457 e. The first kappa shape index (κ1) is 19.3. The number of aryl methyl sites for hydroxylation is 1. The molecule has 4 aliphatic carbocycles. The van der Waals surface area contributed by atoms with Crippen molar-refractivity contribution >= 4 is 34.7 Å². The number of hydrogen-bond acceptors (Lipinski definition) is 4. The van der Waals surface area contributed by atoms with E-state index in [4.69, 9.17) is 16.3 Å². The van der Waals surface area contributed by atoms with Crippen LogP contribution in [0.1, 0.15) is 59.3 Å². The third-order valence-corrected chi connectivity index (χ3v) is 8.61. The first-order valence-corrected chi connectivity index (χ1v) is 11.6. The van der Waals surface area contributed by atoms with Gasteiger partial charge in [0.25, 0.3) is 0 Å². The number of carbonyl (C=O) groups excluding carboxylic acids is 2. The molecule has 0 amide bonds. The zero-order chi connectivity index (χ0) is 20.2. The van der Waals surface area contributed by atoms with Crippen LogP contribution < -0.4 is 0 Å². The number of ether oxygens (including phenoxy) is 1. The molecule has 29 heavy (non-hydrogen) atoms. The Labute approximate surface area is 180 Å². The Kier molecular flexibility index (Phi) is 4.63. The van der Waals surface area contributed by atoms with Crippen LogP contribution in [0.2, 0.25) is 4.34 Å². The molecule has 2 atom stereocenters. The summed E-state index contributed by atoms with van der Waals surface area (Å²) in [6.07, 6.45) is 6.26. The van der Waals surface area contributed by atoms with E-state index in [0.29, 0.717) is 21.0 Å². The molecular formula is C24H25ClO3S. The van der Waals surface area contributed by atoms with E-state index in [1.807, 2.05) is 0 Å². The van der Waals surface area contributed by atoms with Crippen molar-refractivity contribution in [1.29, 1.82) is 0 Å². The summed E-state index contributed by atoms with van der Waals surface area (Å²) in [6.45, 7) is 1.92. The van der Waals surface area contributed by atoms with Gasteiger partial charge in [0.1, 0.15) is 0 Å². The van der Waals surface area contributed by atoms with Crippen molar-refractivity contribution in [3.05, 3.63) is 56.7 Å². The van der Waals surface area contributed by atoms with Gasteiger partial charge in [-0.25, -0.2) is 0 Å². The smallest absolute Gasteiger partial charge is 0.312 e. The molecule has 4 aliphatic rings. The molecule has 0 spiro atoms. The fourth-order valence-corrected chi connectivity index (χ4v) is 7.53. The molecule has 0 N–H and O–H groups in total. The molecule has 0 aliphatic heterocycles. The number of Topliss-reactive ketones (excluding diaryl/α,β-unsaturated/α-hetero) is 1. The lowest BCUT2D eigenvalue weighted by Crippen LogP contribution is -2.57. The second-order valence-corrected chi connectivity index (χ2v) is 11.2. The predicted molar refractivity (Wildman–Crippen MR) is 115 cm³/mol. The Bertz CT molecular complexity index is 947.